The van der Waals surface area contributed by atoms with E-state index in [1.807, 2.05) is 53.2 Å². The van der Waals surface area contributed by atoms with Crippen molar-refractivity contribution >= 4 is 17.7 Å². The molecule has 0 bridgehead atoms. The van der Waals surface area contributed by atoms with Gasteiger partial charge >= 0.3 is 0 Å². The number of likely N-dealkylation sites (tertiary alicyclic amines) is 1. The van der Waals surface area contributed by atoms with Gasteiger partial charge in [-0.3, -0.25) is 4.79 Å². The first-order valence-corrected chi connectivity index (χ1v) is 9.06. The van der Waals surface area contributed by atoms with Crippen molar-refractivity contribution in [3.8, 4) is 5.69 Å². The summed E-state index contributed by atoms with van der Waals surface area (Å²) in [7, 11) is 0. The molecule has 3 rings (SSSR count). The first-order chi connectivity index (χ1) is 10.8. The van der Waals surface area contributed by atoms with Crippen LogP contribution in [0.2, 0.25) is 0 Å². The van der Waals surface area contributed by atoms with Gasteiger partial charge in [-0.2, -0.15) is 16.9 Å². The van der Waals surface area contributed by atoms with Gasteiger partial charge in [0.2, 0.25) is 0 Å². The summed E-state index contributed by atoms with van der Waals surface area (Å²) >= 11 is 1.87. The van der Waals surface area contributed by atoms with Crippen LogP contribution in [0.25, 0.3) is 5.69 Å². The number of piperidine rings is 1. The van der Waals surface area contributed by atoms with Crippen molar-refractivity contribution in [2.45, 2.75) is 12.8 Å². The van der Waals surface area contributed by atoms with Crippen LogP contribution in [-0.2, 0) is 0 Å². The molecular weight excluding hydrogens is 294 g/mol. The van der Waals surface area contributed by atoms with E-state index in [-0.39, 0.29) is 5.91 Å². The van der Waals surface area contributed by atoms with Crippen LogP contribution in [-0.4, -0.2) is 45.7 Å². The fourth-order valence-corrected chi connectivity index (χ4v) is 3.80. The van der Waals surface area contributed by atoms with E-state index in [2.05, 4.69) is 11.4 Å². The zero-order valence-electron chi connectivity index (χ0n) is 12.8. The Bertz CT molecular complexity index is 625. The lowest BCUT2D eigenvalue weighted by atomic mass is 9.99. The molecule has 0 radical (unpaired) electrons. The predicted molar refractivity (Wildman–Crippen MR) is 90.6 cm³/mol. The number of nitrogens with zero attached hydrogens (tertiary/aromatic N) is 3. The molecule has 0 saturated carbocycles. The largest absolute Gasteiger partial charge is 0.338 e. The van der Waals surface area contributed by atoms with Crippen molar-refractivity contribution in [1.29, 1.82) is 0 Å². The third-order valence-corrected chi connectivity index (χ3v) is 4.90. The van der Waals surface area contributed by atoms with Crippen LogP contribution in [0.15, 0.2) is 42.7 Å². The second-order valence-corrected chi connectivity index (χ2v) is 6.59. The molecule has 5 heteroatoms. The van der Waals surface area contributed by atoms with Crippen LogP contribution >= 0.6 is 11.8 Å². The fraction of sp³-hybridized carbons (Fsp3) is 0.412. The Morgan fingerprint density at radius 3 is 3.00 bits per heavy atom. The van der Waals surface area contributed by atoms with Gasteiger partial charge in [-0.15, -0.1) is 0 Å². The fourth-order valence-electron chi connectivity index (χ4n) is 3.06. The van der Waals surface area contributed by atoms with Gasteiger partial charge in [0.25, 0.3) is 5.91 Å². The molecule has 22 heavy (non-hydrogen) atoms. The number of hydrogen-bond donors (Lipinski definition) is 0. The number of hydrogen-bond acceptors (Lipinski definition) is 3. The summed E-state index contributed by atoms with van der Waals surface area (Å²) in [6, 6.07) is 9.59. The van der Waals surface area contributed by atoms with Crippen LogP contribution in [0.5, 0.6) is 0 Å². The summed E-state index contributed by atoms with van der Waals surface area (Å²) in [4.78, 5) is 15.0. The maximum Gasteiger partial charge on any atom is 0.256 e. The van der Waals surface area contributed by atoms with Gasteiger partial charge in [0, 0.05) is 25.5 Å². The average molecular weight is 315 g/mol. The molecule has 1 aromatic carbocycles. The molecule has 1 saturated heterocycles. The standard InChI is InChI=1S/C17H21N3OS/c1-22-13-14-6-4-10-19(12-14)17(21)15-7-2-3-8-16(15)20-11-5-9-18-20/h2-3,5,7-9,11,14H,4,6,10,12-13H2,1H3/t14-/m0/s1. The smallest absolute Gasteiger partial charge is 0.256 e. The molecule has 1 aliphatic heterocycles. The second-order valence-electron chi connectivity index (χ2n) is 5.68. The number of carbonyl (C=O) groups excluding carboxylic acids is 1. The normalized spacial score (nSPS) is 18.4. The molecule has 4 nitrogen and oxygen atoms in total. The van der Waals surface area contributed by atoms with E-state index in [1.165, 1.54) is 6.42 Å². The molecule has 116 valence electrons. The summed E-state index contributed by atoms with van der Waals surface area (Å²) in [5.41, 5.74) is 1.58. The average Bonchev–Trinajstić information content (AvgIpc) is 3.09. The quantitative estimate of drug-likeness (QED) is 0.870. The Labute approximate surface area is 135 Å². The molecule has 2 heterocycles. The number of benzene rings is 1. The molecule has 1 aromatic heterocycles. The Kier molecular flexibility index (Phi) is 4.83. The van der Waals surface area contributed by atoms with Gasteiger partial charge in [0.1, 0.15) is 0 Å². The van der Waals surface area contributed by atoms with Crippen molar-refractivity contribution < 1.29 is 4.79 Å². The Hall–Kier alpha value is -1.75. The predicted octanol–water partition coefficient (Wildman–Crippen LogP) is 3.09. The number of para-hydroxylation sites is 1. The van der Waals surface area contributed by atoms with Crippen molar-refractivity contribution in [2.24, 2.45) is 5.92 Å². The molecule has 0 unspecified atom stereocenters. The van der Waals surface area contributed by atoms with Gasteiger partial charge in [0.05, 0.1) is 11.3 Å². The number of aromatic nitrogens is 2. The highest BCUT2D eigenvalue weighted by molar-refractivity contribution is 7.98. The molecule has 1 fully saturated rings. The Balaban J connectivity index is 1.83. The van der Waals surface area contributed by atoms with Gasteiger partial charge in [-0.05, 0) is 49.0 Å². The highest BCUT2D eigenvalue weighted by atomic mass is 32.2. The highest BCUT2D eigenvalue weighted by Gasteiger charge is 2.25. The lowest BCUT2D eigenvalue weighted by Crippen LogP contribution is -2.41. The zero-order valence-corrected chi connectivity index (χ0v) is 13.6. The maximum atomic E-state index is 12.9. The molecular formula is C17H21N3OS. The topological polar surface area (TPSA) is 38.1 Å². The molecule has 1 amide bonds. The first kappa shape index (κ1) is 15.2. The molecule has 0 spiro atoms. The SMILES string of the molecule is CSC[C@H]1CCCN(C(=O)c2ccccc2-n2cccn2)C1. The number of thioether (sulfide) groups is 1. The summed E-state index contributed by atoms with van der Waals surface area (Å²) in [5.74, 6) is 1.87. The number of carbonyl (C=O) groups is 1. The van der Waals surface area contributed by atoms with E-state index in [1.54, 1.807) is 10.9 Å². The van der Waals surface area contributed by atoms with Crippen molar-refractivity contribution in [3.63, 3.8) is 0 Å². The third kappa shape index (κ3) is 3.19. The van der Waals surface area contributed by atoms with E-state index in [9.17, 15) is 4.79 Å². The summed E-state index contributed by atoms with van der Waals surface area (Å²) < 4.78 is 1.76. The number of amides is 1. The van der Waals surface area contributed by atoms with Gasteiger partial charge in [0.15, 0.2) is 0 Å². The summed E-state index contributed by atoms with van der Waals surface area (Å²) in [6.07, 6.45) is 8.07. The highest BCUT2D eigenvalue weighted by Crippen LogP contribution is 2.23. The van der Waals surface area contributed by atoms with Crippen LogP contribution in [0.1, 0.15) is 23.2 Å². The number of rotatable bonds is 4. The molecule has 0 N–H and O–H groups in total. The minimum atomic E-state index is 0.122. The Morgan fingerprint density at radius 1 is 1.36 bits per heavy atom. The van der Waals surface area contributed by atoms with Gasteiger partial charge < -0.3 is 4.90 Å². The minimum Gasteiger partial charge on any atom is -0.338 e. The minimum absolute atomic E-state index is 0.122. The van der Waals surface area contributed by atoms with E-state index >= 15 is 0 Å². The molecule has 1 atom stereocenters. The van der Waals surface area contributed by atoms with Gasteiger partial charge in [-0.1, -0.05) is 12.1 Å². The van der Waals surface area contributed by atoms with Crippen LogP contribution < -0.4 is 0 Å². The monoisotopic (exact) mass is 315 g/mol. The van der Waals surface area contributed by atoms with Crippen LogP contribution in [0, 0.1) is 5.92 Å². The van der Waals surface area contributed by atoms with Crippen LogP contribution in [0.4, 0.5) is 0 Å². The molecule has 2 aromatic rings. The van der Waals surface area contributed by atoms with Crippen molar-refractivity contribution in [3.05, 3.63) is 48.3 Å². The summed E-state index contributed by atoms with van der Waals surface area (Å²) in [5, 5.41) is 4.26. The zero-order chi connectivity index (χ0) is 15.4. The van der Waals surface area contributed by atoms with Crippen molar-refractivity contribution in [2.75, 3.05) is 25.1 Å². The van der Waals surface area contributed by atoms with Gasteiger partial charge in [-0.25, -0.2) is 4.68 Å². The molecule has 1 aliphatic rings. The lowest BCUT2D eigenvalue weighted by molar-refractivity contribution is 0.0685. The van der Waals surface area contributed by atoms with E-state index < -0.39 is 0 Å². The van der Waals surface area contributed by atoms with E-state index in [4.69, 9.17) is 0 Å². The maximum absolute atomic E-state index is 12.9. The second kappa shape index (κ2) is 7.01. The summed E-state index contributed by atoms with van der Waals surface area (Å²) in [6.45, 7) is 1.73. The Morgan fingerprint density at radius 2 is 2.23 bits per heavy atom. The van der Waals surface area contributed by atoms with Crippen molar-refractivity contribution in [1.82, 2.24) is 14.7 Å². The van der Waals surface area contributed by atoms with Crippen LogP contribution in [0.3, 0.4) is 0 Å². The lowest BCUT2D eigenvalue weighted by Gasteiger charge is -2.33. The third-order valence-electron chi connectivity index (χ3n) is 4.09. The molecule has 0 aliphatic carbocycles. The van der Waals surface area contributed by atoms with E-state index in [0.29, 0.717) is 5.92 Å². The first-order valence-electron chi connectivity index (χ1n) is 7.67. The van der Waals surface area contributed by atoms with E-state index in [0.717, 1.165) is 36.5 Å².